The third-order valence-electron chi connectivity index (χ3n) is 5.05. The van der Waals surface area contributed by atoms with Crippen LogP contribution < -0.4 is 10.2 Å². The van der Waals surface area contributed by atoms with E-state index in [2.05, 4.69) is 23.5 Å². The smallest absolute Gasteiger partial charge is 0.414 e. The molecule has 4 rings (SSSR count). The number of hydrogen-bond donors (Lipinski definition) is 1. The van der Waals surface area contributed by atoms with Gasteiger partial charge in [0.15, 0.2) is 0 Å². The zero-order valence-corrected chi connectivity index (χ0v) is 14.5. The number of carbonyl (C=O) groups excluding carboxylic acids is 1. The van der Waals surface area contributed by atoms with Crippen LogP contribution in [-0.2, 0) is 24.1 Å². The molecule has 25 heavy (non-hydrogen) atoms. The molecule has 1 aliphatic heterocycles. The number of anilines is 1. The van der Waals surface area contributed by atoms with E-state index in [0.29, 0.717) is 19.7 Å². The molecule has 1 amide bonds. The molecular weight excluding hydrogens is 318 g/mol. The van der Waals surface area contributed by atoms with E-state index in [1.165, 1.54) is 18.4 Å². The van der Waals surface area contributed by atoms with Gasteiger partial charge in [-0.05, 0) is 43.9 Å². The van der Waals surface area contributed by atoms with E-state index in [9.17, 15) is 4.79 Å². The lowest BCUT2D eigenvalue weighted by molar-refractivity contribution is 0.181. The predicted octanol–water partition coefficient (Wildman–Crippen LogP) is 3.36. The minimum Gasteiger partial charge on any atom is -0.447 e. The molecule has 6 heteroatoms. The molecule has 2 aliphatic rings. The lowest BCUT2D eigenvalue weighted by atomic mass is 9.96. The van der Waals surface area contributed by atoms with Gasteiger partial charge in [0.1, 0.15) is 18.1 Å². The predicted molar refractivity (Wildman–Crippen MR) is 93.5 cm³/mol. The molecule has 1 saturated heterocycles. The normalized spacial score (nSPS) is 18.1. The van der Waals surface area contributed by atoms with Crippen LogP contribution >= 0.6 is 0 Å². The van der Waals surface area contributed by atoms with Gasteiger partial charge in [-0.25, -0.2) is 4.79 Å². The number of amides is 1. The van der Waals surface area contributed by atoms with Gasteiger partial charge in [0.05, 0.1) is 6.54 Å². The molecule has 2 heterocycles. The Kier molecular flexibility index (Phi) is 4.44. The molecule has 1 atom stereocenters. The summed E-state index contributed by atoms with van der Waals surface area (Å²) < 4.78 is 10.5. The molecule has 1 fully saturated rings. The summed E-state index contributed by atoms with van der Waals surface area (Å²) in [5, 5.41) is 7.77. The monoisotopic (exact) mass is 341 g/mol. The van der Waals surface area contributed by atoms with Crippen molar-refractivity contribution >= 4 is 11.8 Å². The summed E-state index contributed by atoms with van der Waals surface area (Å²) in [6.07, 6.45) is 4.21. The van der Waals surface area contributed by atoms with Gasteiger partial charge in [0.25, 0.3) is 0 Å². The second-order valence-electron chi connectivity index (χ2n) is 6.70. The topological polar surface area (TPSA) is 67.6 Å². The molecule has 0 radical (unpaired) electrons. The van der Waals surface area contributed by atoms with Crippen molar-refractivity contribution < 1.29 is 14.1 Å². The number of rotatable bonds is 5. The minimum atomic E-state index is -0.271. The van der Waals surface area contributed by atoms with Crippen LogP contribution in [0.4, 0.5) is 10.5 Å². The van der Waals surface area contributed by atoms with Crippen molar-refractivity contribution in [2.45, 2.75) is 45.2 Å². The second kappa shape index (κ2) is 6.88. The van der Waals surface area contributed by atoms with Crippen LogP contribution in [0, 0.1) is 0 Å². The Labute approximate surface area is 147 Å². The summed E-state index contributed by atoms with van der Waals surface area (Å²) in [6, 6.07) is 8.18. The van der Waals surface area contributed by atoms with Crippen molar-refractivity contribution in [3.05, 3.63) is 46.8 Å². The van der Waals surface area contributed by atoms with Crippen molar-refractivity contribution in [3.63, 3.8) is 0 Å². The van der Waals surface area contributed by atoms with E-state index in [-0.39, 0.29) is 12.1 Å². The molecule has 1 unspecified atom stereocenters. The van der Waals surface area contributed by atoms with Crippen molar-refractivity contribution in [3.8, 4) is 0 Å². The number of nitrogens with zero attached hydrogens (tertiary/aromatic N) is 2. The lowest BCUT2D eigenvalue weighted by Gasteiger charge is -2.18. The van der Waals surface area contributed by atoms with Gasteiger partial charge < -0.3 is 14.6 Å². The lowest BCUT2D eigenvalue weighted by Crippen LogP contribution is -2.24. The molecular formula is C19H23N3O3. The average molecular weight is 341 g/mol. The number of aromatic nitrogens is 1. The maximum Gasteiger partial charge on any atom is 0.414 e. The number of nitrogens with one attached hydrogen (secondary N) is 1. The highest BCUT2D eigenvalue weighted by Crippen LogP contribution is 2.26. The van der Waals surface area contributed by atoms with Gasteiger partial charge in [-0.1, -0.05) is 17.3 Å². The summed E-state index contributed by atoms with van der Waals surface area (Å²) in [6.45, 7) is 3.87. The van der Waals surface area contributed by atoms with Crippen molar-refractivity contribution in [2.75, 3.05) is 18.1 Å². The van der Waals surface area contributed by atoms with Gasteiger partial charge in [0, 0.05) is 30.3 Å². The Hall–Kier alpha value is -2.34. The summed E-state index contributed by atoms with van der Waals surface area (Å²) in [5.74, 6) is 1.06. The standard InChI is InChI=1S/C19H23N3O3/c1-13(20-12-17-16-7-2-3-8-18(16)25-21-17)14-5-4-6-15(11-14)22-9-10-24-19(22)23/h4-6,11,13,20H,2-3,7-10,12H2,1H3. The van der Waals surface area contributed by atoms with Gasteiger partial charge in [-0.2, -0.15) is 0 Å². The summed E-state index contributed by atoms with van der Waals surface area (Å²) >= 11 is 0. The van der Waals surface area contributed by atoms with Crippen molar-refractivity contribution in [2.24, 2.45) is 0 Å². The highest BCUT2D eigenvalue weighted by atomic mass is 16.6. The quantitative estimate of drug-likeness (QED) is 0.903. The SMILES string of the molecule is CC(NCc1noc2c1CCCC2)c1cccc(N2CCOC2=O)c1. The number of aryl methyl sites for hydroxylation is 1. The first kappa shape index (κ1) is 16.1. The fourth-order valence-electron chi connectivity index (χ4n) is 3.55. The molecule has 132 valence electrons. The van der Waals surface area contributed by atoms with E-state index in [1.807, 2.05) is 18.2 Å². The number of hydrogen-bond acceptors (Lipinski definition) is 5. The summed E-state index contributed by atoms with van der Waals surface area (Å²) in [7, 11) is 0. The number of ether oxygens (including phenoxy) is 1. The van der Waals surface area contributed by atoms with Crippen molar-refractivity contribution in [1.29, 1.82) is 0 Å². The third-order valence-corrected chi connectivity index (χ3v) is 5.05. The summed E-state index contributed by atoms with van der Waals surface area (Å²) in [4.78, 5) is 13.4. The van der Waals surface area contributed by atoms with E-state index < -0.39 is 0 Å². The van der Waals surface area contributed by atoms with Gasteiger partial charge >= 0.3 is 6.09 Å². The Morgan fingerprint density at radius 3 is 3.04 bits per heavy atom. The van der Waals surface area contributed by atoms with Crippen LogP contribution in [0.1, 0.15) is 48.4 Å². The summed E-state index contributed by atoms with van der Waals surface area (Å²) in [5.41, 5.74) is 4.34. The molecule has 1 aromatic carbocycles. The van der Waals surface area contributed by atoms with Gasteiger partial charge in [-0.15, -0.1) is 0 Å². The number of benzene rings is 1. The zero-order valence-electron chi connectivity index (χ0n) is 14.5. The van der Waals surface area contributed by atoms with Crippen LogP contribution in [0.5, 0.6) is 0 Å². The molecule has 0 spiro atoms. The fourth-order valence-corrected chi connectivity index (χ4v) is 3.55. The molecule has 0 bridgehead atoms. The first-order chi connectivity index (χ1) is 12.2. The molecule has 1 aromatic heterocycles. The third kappa shape index (κ3) is 3.26. The largest absolute Gasteiger partial charge is 0.447 e. The first-order valence-corrected chi connectivity index (χ1v) is 8.96. The average Bonchev–Trinajstić information content (AvgIpc) is 3.26. The first-order valence-electron chi connectivity index (χ1n) is 8.96. The number of carbonyl (C=O) groups is 1. The van der Waals surface area contributed by atoms with Crippen molar-refractivity contribution in [1.82, 2.24) is 10.5 Å². The highest BCUT2D eigenvalue weighted by Gasteiger charge is 2.24. The molecule has 1 aliphatic carbocycles. The van der Waals surface area contributed by atoms with Crippen LogP contribution in [0.25, 0.3) is 0 Å². The van der Waals surface area contributed by atoms with Crippen LogP contribution in [0.15, 0.2) is 28.8 Å². The molecule has 0 saturated carbocycles. The Morgan fingerprint density at radius 1 is 1.32 bits per heavy atom. The molecule has 1 N–H and O–H groups in total. The van der Waals surface area contributed by atoms with Crippen LogP contribution in [0.2, 0.25) is 0 Å². The maximum absolute atomic E-state index is 11.7. The number of cyclic esters (lactones) is 1. The molecule has 2 aromatic rings. The zero-order chi connectivity index (χ0) is 17.2. The van der Waals surface area contributed by atoms with E-state index in [4.69, 9.17) is 9.26 Å². The Balaban J connectivity index is 1.43. The van der Waals surface area contributed by atoms with E-state index >= 15 is 0 Å². The van der Waals surface area contributed by atoms with Crippen LogP contribution in [-0.4, -0.2) is 24.4 Å². The second-order valence-corrected chi connectivity index (χ2v) is 6.70. The fraction of sp³-hybridized carbons (Fsp3) is 0.474. The maximum atomic E-state index is 11.7. The van der Waals surface area contributed by atoms with Gasteiger partial charge in [-0.3, -0.25) is 4.90 Å². The van der Waals surface area contributed by atoms with E-state index in [1.54, 1.807) is 4.90 Å². The Bertz CT molecular complexity index is 771. The Morgan fingerprint density at radius 2 is 2.20 bits per heavy atom. The molecule has 6 nitrogen and oxygen atoms in total. The number of fused-ring (bicyclic) bond motifs is 1. The van der Waals surface area contributed by atoms with E-state index in [0.717, 1.165) is 35.5 Å². The minimum absolute atomic E-state index is 0.148. The van der Waals surface area contributed by atoms with Crippen LogP contribution in [0.3, 0.4) is 0 Å². The highest BCUT2D eigenvalue weighted by molar-refractivity contribution is 5.89. The van der Waals surface area contributed by atoms with Gasteiger partial charge in [0.2, 0.25) is 0 Å².